The number of nitro benzene ring substituents is 1. The molecule has 0 unspecified atom stereocenters. The van der Waals surface area contributed by atoms with Gasteiger partial charge >= 0.3 is 0 Å². The van der Waals surface area contributed by atoms with Gasteiger partial charge in [-0.1, -0.05) is 35.9 Å². The van der Waals surface area contributed by atoms with Crippen LogP contribution < -0.4 is 0 Å². The number of carbonyl (C=O) groups is 1. The molecule has 0 saturated carbocycles. The zero-order valence-electron chi connectivity index (χ0n) is 11.0. The number of hydrogen-bond donors (Lipinski definition) is 0. The van der Waals surface area contributed by atoms with Gasteiger partial charge in [0.25, 0.3) is 11.6 Å². The van der Waals surface area contributed by atoms with Gasteiger partial charge in [-0.3, -0.25) is 14.9 Å². The van der Waals surface area contributed by atoms with E-state index in [1.807, 2.05) is 24.3 Å². The molecule has 0 fully saturated rings. The fourth-order valence-corrected chi connectivity index (χ4v) is 2.63. The van der Waals surface area contributed by atoms with Crippen molar-refractivity contribution in [3.05, 3.63) is 74.3 Å². The van der Waals surface area contributed by atoms with E-state index in [-0.39, 0.29) is 22.2 Å². The van der Waals surface area contributed by atoms with Gasteiger partial charge in [-0.2, -0.15) is 0 Å². The summed E-state index contributed by atoms with van der Waals surface area (Å²) in [6, 6.07) is 11.9. The minimum Gasteiger partial charge on any atom is -0.330 e. The van der Waals surface area contributed by atoms with Crippen LogP contribution in [0.15, 0.2) is 42.5 Å². The first kappa shape index (κ1) is 13.6. The van der Waals surface area contributed by atoms with E-state index in [0.29, 0.717) is 13.1 Å². The second-order valence-electron chi connectivity index (χ2n) is 4.85. The number of fused-ring (bicyclic) bond motifs is 1. The lowest BCUT2D eigenvalue weighted by molar-refractivity contribution is -0.384. The minimum absolute atomic E-state index is 0.0289. The molecule has 106 valence electrons. The molecular formula is C15H11ClN2O3. The van der Waals surface area contributed by atoms with Crippen molar-refractivity contribution in [2.24, 2.45) is 0 Å². The summed E-state index contributed by atoms with van der Waals surface area (Å²) in [6.45, 7) is 1.04. The highest BCUT2D eigenvalue weighted by Gasteiger charge is 2.25. The number of amides is 1. The zero-order valence-corrected chi connectivity index (χ0v) is 11.7. The fraction of sp³-hybridized carbons (Fsp3) is 0.133. The van der Waals surface area contributed by atoms with Gasteiger partial charge < -0.3 is 4.90 Å². The van der Waals surface area contributed by atoms with Crippen molar-refractivity contribution in [3.8, 4) is 0 Å². The maximum absolute atomic E-state index is 12.5. The molecule has 0 aromatic heterocycles. The van der Waals surface area contributed by atoms with Crippen LogP contribution >= 0.6 is 11.6 Å². The van der Waals surface area contributed by atoms with E-state index in [4.69, 9.17) is 11.6 Å². The number of rotatable bonds is 2. The van der Waals surface area contributed by atoms with Crippen molar-refractivity contribution in [1.29, 1.82) is 0 Å². The Kier molecular flexibility index (Phi) is 3.35. The van der Waals surface area contributed by atoms with E-state index in [1.54, 1.807) is 4.90 Å². The molecule has 21 heavy (non-hydrogen) atoms. The van der Waals surface area contributed by atoms with Crippen LogP contribution in [0.3, 0.4) is 0 Å². The molecular weight excluding hydrogens is 292 g/mol. The van der Waals surface area contributed by atoms with E-state index in [2.05, 4.69) is 0 Å². The SMILES string of the molecule is O=C(c1ccc(Cl)c([N+](=O)[O-])c1)N1Cc2ccccc2C1. The number of halogens is 1. The predicted molar refractivity (Wildman–Crippen MR) is 78.1 cm³/mol. The van der Waals surface area contributed by atoms with E-state index >= 15 is 0 Å². The van der Waals surface area contributed by atoms with E-state index in [0.717, 1.165) is 11.1 Å². The van der Waals surface area contributed by atoms with Crippen molar-refractivity contribution in [2.75, 3.05) is 0 Å². The summed E-state index contributed by atoms with van der Waals surface area (Å²) in [5.41, 5.74) is 2.24. The summed E-state index contributed by atoms with van der Waals surface area (Å²) in [5.74, 6) is -0.231. The highest BCUT2D eigenvalue weighted by Crippen LogP contribution is 2.28. The van der Waals surface area contributed by atoms with Crippen molar-refractivity contribution in [3.63, 3.8) is 0 Å². The Morgan fingerprint density at radius 1 is 1.14 bits per heavy atom. The van der Waals surface area contributed by atoms with E-state index < -0.39 is 4.92 Å². The maximum Gasteiger partial charge on any atom is 0.288 e. The Labute approximate surface area is 125 Å². The molecule has 0 N–H and O–H groups in total. The van der Waals surface area contributed by atoms with Gasteiger partial charge in [-0.15, -0.1) is 0 Å². The third-order valence-electron chi connectivity index (χ3n) is 3.52. The van der Waals surface area contributed by atoms with E-state index in [9.17, 15) is 14.9 Å². The largest absolute Gasteiger partial charge is 0.330 e. The average molecular weight is 303 g/mol. The molecule has 1 aliphatic rings. The van der Waals surface area contributed by atoms with Gasteiger partial charge in [0.2, 0.25) is 0 Å². The molecule has 0 bridgehead atoms. The molecule has 1 heterocycles. The molecule has 2 aromatic rings. The Morgan fingerprint density at radius 2 is 1.76 bits per heavy atom. The van der Waals surface area contributed by atoms with Crippen molar-refractivity contribution in [1.82, 2.24) is 4.90 Å². The van der Waals surface area contributed by atoms with Gasteiger partial charge in [-0.25, -0.2) is 0 Å². The Balaban J connectivity index is 1.87. The Hall–Kier alpha value is -2.40. The Bertz CT molecular complexity index is 720. The van der Waals surface area contributed by atoms with Crippen molar-refractivity contribution in [2.45, 2.75) is 13.1 Å². The summed E-state index contributed by atoms with van der Waals surface area (Å²) < 4.78 is 0. The highest BCUT2D eigenvalue weighted by atomic mass is 35.5. The summed E-state index contributed by atoms with van der Waals surface area (Å²) in [7, 11) is 0. The third-order valence-corrected chi connectivity index (χ3v) is 3.84. The molecule has 6 heteroatoms. The van der Waals surface area contributed by atoms with Crippen LogP contribution in [0.2, 0.25) is 5.02 Å². The molecule has 0 radical (unpaired) electrons. The third kappa shape index (κ3) is 2.48. The Morgan fingerprint density at radius 3 is 2.33 bits per heavy atom. The molecule has 0 aliphatic carbocycles. The quantitative estimate of drug-likeness (QED) is 0.631. The normalized spacial score (nSPS) is 13.1. The summed E-state index contributed by atoms with van der Waals surface area (Å²) in [6.07, 6.45) is 0. The van der Waals surface area contributed by atoms with Gasteiger partial charge in [-0.05, 0) is 23.3 Å². The highest BCUT2D eigenvalue weighted by molar-refractivity contribution is 6.32. The molecule has 0 saturated heterocycles. The van der Waals surface area contributed by atoms with Crippen molar-refractivity contribution >= 4 is 23.2 Å². The number of nitrogens with zero attached hydrogens (tertiary/aromatic N) is 2. The van der Waals surface area contributed by atoms with Crippen LogP contribution in [-0.4, -0.2) is 15.7 Å². The maximum atomic E-state index is 12.5. The van der Waals surface area contributed by atoms with Crippen LogP contribution in [-0.2, 0) is 13.1 Å². The lowest BCUT2D eigenvalue weighted by Crippen LogP contribution is -2.25. The molecule has 2 aromatic carbocycles. The second-order valence-corrected chi connectivity index (χ2v) is 5.26. The van der Waals surface area contributed by atoms with Crippen molar-refractivity contribution < 1.29 is 9.72 Å². The summed E-state index contributed by atoms with van der Waals surface area (Å²) >= 11 is 5.76. The summed E-state index contributed by atoms with van der Waals surface area (Å²) in [5, 5.41) is 10.9. The first-order valence-electron chi connectivity index (χ1n) is 6.36. The first-order valence-corrected chi connectivity index (χ1v) is 6.74. The number of nitro groups is 1. The number of benzene rings is 2. The standard InChI is InChI=1S/C15H11ClN2O3/c16-13-6-5-10(7-14(13)18(20)21)15(19)17-8-11-3-1-2-4-12(11)9-17/h1-7H,8-9H2. The van der Waals surface area contributed by atoms with Crippen LogP contribution in [0.4, 0.5) is 5.69 Å². The van der Waals surface area contributed by atoms with Gasteiger partial charge in [0.05, 0.1) is 4.92 Å². The lowest BCUT2D eigenvalue weighted by atomic mass is 10.1. The lowest BCUT2D eigenvalue weighted by Gasteiger charge is -2.15. The van der Waals surface area contributed by atoms with Gasteiger partial charge in [0.1, 0.15) is 5.02 Å². The zero-order chi connectivity index (χ0) is 15.0. The first-order chi connectivity index (χ1) is 10.1. The topological polar surface area (TPSA) is 63.4 Å². The molecule has 1 amide bonds. The van der Waals surface area contributed by atoms with Crippen LogP contribution in [0.25, 0.3) is 0 Å². The number of hydrogen-bond acceptors (Lipinski definition) is 3. The van der Waals surface area contributed by atoms with Gasteiger partial charge in [0, 0.05) is 24.7 Å². The molecule has 0 spiro atoms. The summed E-state index contributed by atoms with van der Waals surface area (Å²) in [4.78, 5) is 24.4. The molecule has 5 nitrogen and oxygen atoms in total. The number of carbonyl (C=O) groups excluding carboxylic acids is 1. The van der Waals surface area contributed by atoms with Crippen LogP contribution in [0.1, 0.15) is 21.5 Å². The van der Waals surface area contributed by atoms with Crippen LogP contribution in [0, 0.1) is 10.1 Å². The molecule has 3 rings (SSSR count). The smallest absolute Gasteiger partial charge is 0.288 e. The fourth-order valence-electron chi connectivity index (χ4n) is 2.44. The van der Waals surface area contributed by atoms with Crippen LogP contribution in [0.5, 0.6) is 0 Å². The minimum atomic E-state index is -0.585. The molecule has 0 atom stereocenters. The average Bonchev–Trinajstić information content (AvgIpc) is 2.90. The monoisotopic (exact) mass is 302 g/mol. The van der Waals surface area contributed by atoms with Gasteiger partial charge in [0.15, 0.2) is 0 Å². The predicted octanol–water partition coefficient (Wildman–Crippen LogP) is 3.40. The molecule has 1 aliphatic heterocycles. The van der Waals surface area contributed by atoms with E-state index in [1.165, 1.54) is 18.2 Å². The second kappa shape index (κ2) is 5.18.